The standard InChI is InChI=1S/C27H34FN3O2/c1-19(32)22-4-2-5-24(17-22)30-27(33)29-18-26-6-3-15-31(26)25-13-9-21(10-14-25)16-20-7-11-23(28)12-8-20/h2,4-5,7-8,11-12,17,21,25-26H,3,6,9-10,13-16,18H2,1H3,(H2,29,30,33)/t21-,25-,26-/m1/s1. The molecule has 1 aliphatic heterocycles. The average Bonchev–Trinajstić information content (AvgIpc) is 3.28. The molecule has 1 heterocycles. The number of hydrogen-bond acceptors (Lipinski definition) is 3. The normalized spacial score (nSPS) is 23.3. The molecular weight excluding hydrogens is 417 g/mol. The van der Waals surface area contributed by atoms with E-state index in [2.05, 4.69) is 15.5 Å². The van der Waals surface area contributed by atoms with Crippen molar-refractivity contribution < 1.29 is 14.0 Å². The summed E-state index contributed by atoms with van der Waals surface area (Å²) in [4.78, 5) is 26.6. The molecule has 1 aliphatic carbocycles. The van der Waals surface area contributed by atoms with Crippen LogP contribution in [0.1, 0.15) is 61.4 Å². The van der Waals surface area contributed by atoms with Gasteiger partial charge in [-0.2, -0.15) is 0 Å². The number of ketones is 1. The van der Waals surface area contributed by atoms with Crippen molar-refractivity contribution in [1.82, 2.24) is 10.2 Å². The summed E-state index contributed by atoms with van der Waals surface area (Å²) in [6.45, 7) is 3.25. The zero-order chi connectivity index (χ0) is 23.2. The van der Waals surface area contributed by atoms with Crippen LogP contribution in [0.2, 0.25) is 0 Å². The number of nitrogens with one attached hydrogen (secondary N) is 2. The summed E-state index contributed by atoms with van der Waals surface area (Å²) in [6.07, 6.45) is 8.08. The second-order valence-electron chi connectivity index (χ2n) is 9.51. The van der Waals surface area contributed by atoms with Gasteiger partial charge in [0.2, 0.25) is 0 Å². The number of nitrogens with zero attached hydrogens (tertiary/aromatic N) is 1. The van der Waals surface area contributed by atoms with Crippen LogP contribution < -0.4 is 10.6 Å². The van der Waals surface area contributed by atoms with Crippen molar-refractivity contribution in [1.29, 1.82) is 0 Å². The van der Waals surface area contributed by atoms with Gasteiger partial charge in [0.05, 0.1) is 0 Å². The van der Waals surface area contributed by atoms with Crippen LogP contribution >= 0.6 is 0 Å². The van der Waals surface area contributed by atoms with Crippen molar-refractivity contribution in [2.45, 2.75) is 64.0 Å². The highest BCUT2D eigenvalue weighted by atomic mass is 19.1. The molecule has 2 aromatic carbocycles. The second kappa shape index (κ2) is 10.9. The van der Waals surface area contributed by atoms with E-state index in [1.54, 1.807) is 36.4 Å². The molecule has 1 saturated heterocycles. The third-order valence-corrected chi connectivity index (χ3v) is 7.17. The van der Waals surface area contributed by atoms with E-state index in [1.807, 2.05) is 12.1 Å². The quantitative estimate of drug-likeness (QED) is 0.553. The molecule has 2 N–H and O–H groups in total. The summed E-state index contributed by atoms with van der Waals surface area (Å²) >= 11 is 0. The fraction of sp³-hybridized carbons (Fsp3) is 0.481. The van der Waals surface area contributed by atoms with E-state index >= 15 is 0 Å². The van der Waals surface area contributed by atoms with Crippen molar-refractivity contribution in [3.63, 3.8) is 0 Å². The van der Waals surface area contributed by atoms with Gasteiger partial charge < -0.3 is 10.6 Å². The topological polar surface area (TPSA) is 61.4 Å². The van der Waals surface area contributed by atoms with Gasteiger partial charge in [-0.1, -0.05) is 24.3 Å². The van der Waals surface area contributed by atoms with Gasteiger partial charge in [-0.15, -0.1) is 0 Å². The van der Waals surface area contributed by atoms with Gasteiger partial charge in [-0.25, -0.2) is 9.18 Å². The van der Waals surface area contributed by atoms with E-state index in [9.17, 15) is 14.0 Å². The molecule has 0 unspecified atom stereocenters. The Hall–Kier alpha value is -2.73. The summed E-state index contributed by atoms with van der Waals surface area (Å²) in [5, 5.41) is 5.87. The van der Waals surface area contributed by atoms with Gasteiger partial charge in [0.15, 0.2) is 5.78 Å². The van der Waals surface area contributed by atoms with E-state index < -0.39 is 0 Å². The Morgan fingerprint density at radius 3 is 2.52 bits per heavy atom. The number of anilines is 1. The molecule has 0 aromatic heterocycles. The smallest absolute Gasteiger partial charge is 0.319 e. The maximum Gasteiger partial charge on any atom is 0.319 e. The number of rotatable bonds is 7. The minimum Gasteiger partial charge on any atom is -0.336 e. The summed E-state index contributed by atoms with van der Waals surface area (Å²) in [5.41, 5.74) is 2.44. The molecule has 1 saturated carbocycles. The Labute approximate surface area is 195 Å². The SMILES string of the molecule is CC(=O)c1cccc(NC(=O)NC[C@H]2CCCN2[C@H]2CC[C@H](Cc3ccc(F)cc3)CC2)c1. The lowest BCUT2D eigenvalue weighted by molar-refractivity contribution is 0.101. The van der Waals surface area contributed by atoms with E-state index in [0.29, 0.717) is 35.8 Å². The molecule has 6 heteroatoms. The molecule has 2 aromatic rings. The fourth-order valence-electron chi connectivity index (χ4n) is 5.39. The largest absolute Gasteiger partial charge is 0.336 e. The van der Waals surface area contributed by atoms with Crippen LogP contribution in [0, 0.1) is 11.7 Å². The van der Waals surface area contributed by atoms with Crippen LogP contribution in [0.4, 0.5) is 14.9 Å². The maximum atomic E-state index is 13.1. The first-order valence-electron chi connectivity index (χ1n) is 12.1. The number of carbonyl (C=O) groups is 2. The van der Waals surface area contributed by atoms with Gasteiger partial charge in [-0.3, -0.25) is 9.69 Å². The van der Waals surface area contributed by atoms with E-state index in [4.69, 9.17) is 0 Å². The summed E-state index contributed by atoms with van der Waals surface area (Å²) in [6, 6.07) is 14.7. The first-order valence-corrected chi connectivity index (χ1v) is 12.1. The Balaban J connectivity index is 1.23. The van der Waals surface area contributed by atoms with Gasteiger partial charge in [0.25, 0.3) is 0 Å². The number of Topliss-reactive ketones (excluding diaryl/α,β-unsaturated/α-hetero) is 1. The van der Waals surface area contributed by atoms with Crippen molar-refractivity contribution >= 4 is 17.5 Å². The number of likely N-dealkylation sites (tertiary alicyclic amines) is 1. The third kappa shape index (κ3) is 6.41. The van der Waals surface area contributed by atoms with Crippen LogP contribution in [0.5, 0.6) is 0 Å². The van der Waals surface area contributed by atoms with Crippen molar-refractivity contribution in [2.75, 3.05) is 18.4 Å². The average molecular weight is 452 g/mol. The monoisotopic (exact) mass is 451 g/mol. The van der Waals surface area contributed by atoms with E-state index in [0.717, 1.165) is 19.4 Å². The lowest BCUT2D eigenvalue weighted by atomic mass is 9.81. The van der Waals surface area contributed by atoms with Crippen LogP contribution in [0.3, 0.4) is 0 Å². The third-order valence-electron chi connectivity index (χ3n) is 7.17. The first kappa shape index (κ1) is 23.4. The molecule has 2 fully saturated rings. The molecule has 0 spiro atoms. The highest BCUT2D eigenvalue weighted by Gasteiger charge is 2.33. The number of benzene rings is 2. The lowest BCUT2D eigenvalue weighted by Crippen LogP contribution is -2.47. The number of amides is 2. The van der Waals surface area contributed by atoms with Crippen LogP contribution in [0.25, 0.3) is 0 Å². The Morgan fingerprint density at radius 2 is 1.79 bits per heavy atom. The summed E-state index contributed by atoms with van der Waals surface area (Å²) in [5.74, 6) is 0.477. The van der Waals surface area contributed by atoms with Crippen molar-refractivity contribution in [3.05, 3.63) is 65.5 Å². The van der Waals surface area contributed by atoms with Crippen LogP contribution in [-0.2, 0) is 6.42 Å². The molecular formula is C27H34FN3O2. The molecule has 33 heavy (non-hydrogen) atoms. The highest BCUT2D eigenvalue weighted by Crippen LogP contribution is 2.33. The van der Waals surface area contributed by atoms with Crippen molar-refractivity contribution in [2.24, 2.45) is 5.92 Å². The van der Waals surface area contributed by atoms with Crippen LogP contribution in [-0.4, -0.2) is 41.9 Å². The maximum absolute atomic E-state index is 13.1. The van der Waals surface area contributed by atoms with E-state index in [-0.39, 0.29) is 17.6 Å². The number of hydrogen-bond donors (Lipinski definition) is 2. The molecule has 2 aliphatic rings. The Bertz CT molecular complexity index is 954. The van der Waals surface area contributed by atoms with Gasteiger partial charge in [0, 0.05) is 29.9 Å². The predicted octanol–water partition coefficient (Wildman–Crippen LogP) is 5.42. The van der Waals surface area contributed by atoms with E-state index in [1.165, 1.54) is 44.6 Å². The molecule has 0 bridgehead atoms. The molecule has 0 radical (unpaired) electrons. The lowest BCUT2D eigenvalue weighted by Gasteiger charge is -2.38. The van der Waals surface area contributed by atoms with Gasteiger partial charge in [0.1, 0.15) is 5.82 Å². The highest BCUT2D eigenvalue weighted by molar-refractivity contribution is 5.96. The van der Waals surface area contributed by atoms with Gasteiger partial charge in [-0.05, 0) is 94.2 Å². The predicted molar refractivity (Wildman–Crippen MR) is 129 cm³/mol. The first-order chi connectivity index (χ1) is 16.0. The minimum atomic E-state index is -0.231. The molecule has 1 atom stereocenters. The Morgan fingerprint density at radius 1 is 1.03 bits per heavy atom. The molecule has 5 nitrogen and oxygen atoms in total. The Kier molecular flexibility index (Phi) is 7.76. The molecule has 4 rings (SSSR count). The summed E-state index contributed by atoms with van der Waals surface area (Å²) < 4.78 is 13.1. The molecule has 176 valence electrons. The van der Waals surface area contributed by atoms with Crippen LogP contribution in [0.15, 0.2) is 48.5 Å². The number of carbonyl (C=O) groups excluding carboxylic acids is 2. The second-order valence-corrected chi connectivity index (χ2v) is 9.51. The number of halogens is 1. The summed E-state index contributed by atoms with van der Waals surface area (Å²) in [7, 11) is 0. The number of urea groups is 1. The van der Waals surface area contributed by atoms with Crippen molar-refractivity contribution in [3.8, 4) is 0 Å². The van der Waals surface area contributed by atoms with Gasteiger partial charge >= 0.3 is 6.03 Å². The fourth-order valence-corrected chi connectivity index (χ4v) is 5.39. The molecule has 2 amide bonds. The minimum absolute atomic E-state index is 0.0203. The zero-order valence-corrected chi connectivity index (χ0v) is 19.4. The zero-order valence-electron chi connectivity index (χ0n) is 19.4.